The Labute approximate surface area is 92.4 Å². The van der Waals surface area contributed by atoms with Gasteiger partial charge in [-0.3, -0.25) is 0 Å². The van der Waals surface area contributed by atoms with E-state index < -0.39 is 0 Å². The van der Waals surface area contributed by atoms with Crippen LogP contribution in [0, 0.1) is 6.92 Å². The predicted octanol–water partition coefficient (Wildman–Crippen LogP) is 2.67. The van der Waals surface area contributed by atoms with E-state index in [9.17, 15) is 0 Å². The van der Waals surface area contributed by atoms with Crippen LogP contribution in [0.3, 0.4) is 0 Å². The maximum absolute atomic E-state index is 5.71. The molecule has 0 fully saturated rings. The van der Waals surface area contributed by atoms with E-state index in [4.69, 9.17) is 10.5 Å². The lowest BCUT2D eigenvalue weighted by molar-refractivity contribution is 0.411. The second kappa shape index (κ2) is 5.76. The molecule has 0 bridgehead atoms. The molecule has 2 nitrogen and oxygen atoms in total. The van der Waals surface area contributed by atoms with Crippen LogP contribution in [0.25, 0.3) is 0 Å². The Morgan fingerprint density at radius 2 is 2.13 bits per heavy atom. The summed E-state index contributed by atoms with van der Waals surface area (Å²) in [6, 6.07) is 6.67. The zero-order chi connectivity index (χ0) is 11.3. The number of benzene rings is 1. The van der Waals surface area contributed by atoms with Crippen LogP contribution >= 0.6 is 0 Å². The molecule has 0 saturated carbocycles. The fourth-order valence-corrected chi connectivity index (χ4v) is 1.72. The monoisotopic (exact) mass is 207 g/mol. The number of hydrogen-bond acceptors (Lipinski definition) is 2. The Morgan fingerprint density at radius 3 is 2.67 bits per heavy atom. The molecule has 0 aromatic heterocycles. The standard InChI is InChI=1S/C13H21NO/c1-10-9-12(6-4-5-11(2)14)7-8-13(10)15-3/h7-9,11H,4-6,14H2,1-3H3. The molecule has 0 spiro atoms. The molecular weight excluding hydrogens is 186 g/mol. The zero-order valence-electron chi connectivity index (χ0n) is 9.92. The number of hydrogen-bond donors (Lipinski definition) is 1. The van der Waals surface area contributed by atoms with Gasteiger partial charge in [-0.25, -0.2) is 0 Å². The van der Waals surface area contributed by atoms with Gasteiger partial charge in [0.1, 0.15) is 5.75 Å². The van der Waals surface area contributed by atoms with E-state index in [1.807, 2.05) is 6.07 Å². The van der Waals surface area contributed by atoms with Gasteiger partial charge in [0.25, 0.3) is 0 Å². The van der Waals surface area contributed by atoms with E-state index in [-0.39, 0.29) is 0 Å². The van der Waals surface area contributed by atoms with Crippen LogP contribution in [0.5, 0.6) is 5.75 Å². The van der Waals surface area contributed by atoms with Gasteiger partial charge in [0, 0.05) is 6.04 Å². The summed E-state index contributed by atoms with van der Waals surface area (Å²) in [5.74, 6) is 0.964. The highest BCUT2D eigenvalue weighted by Gasteiger charge is 2.00. The molecule has 1 aromatic carbocycles. The van der Waals surface area contributed by atoms with E-state index in [1.54, 1.807) is 7.11 Å². The maximum atomic E-state index is 5.71. The fourth-order valence-electron chi connectivity index (χ4n) is 1.72. The van der Waals surface area contributed by atoms with Gasteiger partial charge in [-0.15, -0.1) is 0 Å². The molecule has 0 heterocycles. The van der Waals surface area contributed by atoms with Crippen molar-refractivity contribution in [1.29, 1.82) is 0 Å². The molecular formula is C13H21NO. The van der Waals surface area contributed by atoms with Crippen molar-refractivity contribution in [3.05, 3.63) is 29.3 Å². The minimum atomic E-state index is 0.310. The summed E-state index contributed by atoms with van der Waals surface area (Å²) in [4.78, 5) is 0. The highest BCUT2D eigenvalue weighted by Crippen LogP contribution is 2.19. The number of methoxy groups -OCH3 is 1. The first-order chi connectivity index (χ1) is 7.13. The van der Waals surface area contributed by atoms with Crippen LogP contribution in [0.2, 0.25) is 0 Å². The minimum absolute atomic E-state index is 0.310. The lowest BCUT2D eigenvalue weighted by atomic mass is 10.0. The third-order valence-electron chi connectivity index (χ3n) is 2.58. The van der Waals surface area contributed by atoms with Crippen molar-refractivity contribution in [3.8, 4) is 5.75 Å². The largest absolute Gasteiger partial charge is 0.496 e. The summed E-state index contributed by atoms with van der Waals surface area (Å²) in [6.45, 7) is 4.13. The van der Waals surface area contributed by atoms with Gasteiger partial charge in [-0.05, 0) is 50.3 Å². The average Bonchev–Trinajstić information content (AvgIpc) is 2.17. The Kier molecular flexibility index (Phi) is 4.63. The summed E-state index contributed by atoms with van der Waals surface area (Å²) in [5.41, 5.74) is 8.29. The number of ether oxygens (including phenoxy) is 1. The van der Waals surface area contributed by atoms with Crippen molar-refractivity contribution in [1.82, 2.24) is 0 Å². The molecule has 1 unspecified atom stereocenters. The highest BCUT2D eigenvalue weighted by molar-refractivity contribution is 5.36. The number of rotatable bonds is 5. The molecule has 0 amide bonds. The molecule has 84 valence electrons. The third-order valence-corrected chi connectivity index (χ3v) is 2.58. The smallest absolute Gasteiger partial charge is 0.121 e. The molecule has 1 aromatic rings. The lowest BCUT2D eigenvalue weighted by Crippen LogP contribution is -2.14. The summed E-state index contributed by atoms with van der Waals surface area (Å²) in [6.07, 6.45) is 3.35. The van der Waals surface area contributed by atoms with Crippen LogP contribution in [-0.4, -0.2) is 13.2 Å². The van der Waals surface area contributed by atoms with Crippen molar-refractivity contribution in [2.75, 3.05) is 7.11 Å². The van der Waals surface area contributed by atoms with Gasteiger partial charge in [-0.1, -0.05) is 12.1 Å². The van der Waals surface area contributed by atoms with Crippen LogP contribution in [0.15, 0.2) is 18.2 Å². The molecule has 0 radical (unpaired) electrons. The van der Waals surface area contributed by atoms with Gasteiger partial charge in [0.05, 0.1) is 7.11 Å². The van der Waals surface area contributed by atoms with Crippen LogP contribution < -0.4 is 10.5 Å². The topological polar surface area (TPSA) is 35.2 Å². The van der Waals surface area contributed by atoms with Gasteiger partial charge >= 0.3 is 0 Å². The van der Waals surface area contributed by atoms with E-state index >= 15 is 0 Å². The highest BCUT2D eigenvalue weighted by atomic mass is 16.5. The zero-order valence-corrected chi connectivity index (χ0v) is 9.92. The minimum Gasteiger partial charge on any atom is -0.496 e. The normalized spacial score (nSPS) is 12.5. The molecule has 0 aliphatic heterocycles. The summed E-state index contributed by atoms with van der Waals surface area (Å²) in [7, 11) is 1.71. The summed E-state index contributed by atoms with van der Waals surface area (Å²) < 4.78 is 5.22. The average molecular weight is 207 g/mol. The maximum Gasteiger partial charge on any atom is 0.121 e. The fraction of sp³-hybridized carbons (Fsp3) is 0.538. The second-order valence-electron chi connectivity index (χ2n) is 4.17. The Hall–Kier alpha value is -1.02. The predicted molar refractivity (Wildman–Crippen MR) is 64.3 cm³/mol. The van der Waals surface area contributed by atoms with E-state index in [0.29, 0.717) is 6.04 Å². The first-order valence-corrected chi connectivity index (χ1v) is 5.52. The molecule has 0 aliphatic rings. The number of aryl methyl sites for hydroxylation is 2. The Morgan fingerprint density at radius 1 is 1.40 bits per heavy atom. The lowest BCUT2D eigenvalue weighted by Gasteiger charge is -2.08. The quantitative estimate of drug-likeness (QED) is 0.805. The van der Waals surface area contributed by atoms with Crippen LogP contribution in [0.4, 0.5) is 0 Å². The molecule has 0 saturated heterocycles. The summed E-state index contributed by atoms with van der Waals surface area (Å²) in [5, 5.41) is 0. The molecule has 1 atom stereocenters. The van der Waals surface area contributed by atoms with Crippen molar-refractivity contribution >= 4 is 0 Å². The van der Waals surface area contributed by atoms with E-state index in [1.165, 1.54) is 11.1 Å². The van der Waals surface area contributed by atoms with Crippen LogP contribution in [-0.2, 0) is 6.42 Å². The Balaban J connectivity index is 2.52. The van der Waals surface area contributed by atoms with Gasteiger partial charge < -0.3 is 10.5 Å². The molecule has 2 heteroatoms. The first kappa shape index (κ1) is 12.1. The SMILES string of the molecule is COc1ccc(CCCC(C)N)cc1C. The molecule has 0 aliphatic carbocycles. The van der Waals surface area contributed by atoms with Gasteiger partial charge in [0.15, 0.2) is 0 Å². The van der Waals surface area contributed by atoms with Gasteiger partial charge in [0.2, 0.25) is 0 Å². The van der Waals surface area contributed by atoms with Crippen molar-refractivity contribution in [2.24, 2.45) is 5.73 Å². The first-order valence-electron chi connectivity index (χ1n) is 5.52. The van der Waals surface area contributed by atoms with Crippen LogP contribution in [0.1, 0.15) is 30.9 Å². The third kappa shape index (κ3) is 3.92. The summed E-state index contributed by atoms with van der Waals surface area (Å²) >= 11 is 0. The van der Waals surface area contributed by atoms with Crippen molar-refractivity contribution < 1.29 is 4.74 Å². The number of nitrogens with two attached hydrogens (primary N) is 1. The van der Waals surface area contributed by atoms with E-state index in [2.05, 4.69) is 26.0 Å². The van der Waals surface area contributed by atoms with E-state index in [0.717, 1.165) is 25.0 Å². The Bertz CT molecular complexity index is 307. The van der Waals surface area contributed by atoms with Gasteiger partial charge in [-0.2, -0.15) is 0 Å². The van der Waals surface area contributed by atoms with Crippen molar-refractivity contribution in [3.63, 3.8) is 0 Å². The van der Waals surface area contributed by atoms with Crippen molar-refractivity contribution in [2.45, 2.75) is 39.2 Å². The molecule has 1 rings (SSSR count). The second-order valence-corrected chi connectivity index (χ2v) is 4.17. The molecule has 2 N–H and O–H groups in total. The molecule has 15 heavy (non-hydrogen) atoms.